The molecule has 3 heteroatoms. The molecule has 4 aromatic carbocycles. The molecule has 5 aromatic rings. The van der Waals surface area contributed by atoms with Gasteiger partial charge in [-0.3, -0.25) is 0 Å². The van der Waals surface area contributed by atoms with Crippen LogP contribution in [0.15, 0.2) is 78.9 Å². The number of nitrogens with two attached hydrogens (primary N) is 1. The molecule has 27 heavy (non-hydrogen) atoms. The number of ether oxygens (including phenoxy) is 1. The van der Waals surface area contributed by atoms with Crippen LogP contribution >= 0.6 is 0 Å². The molecule has 0 amide bonds. The topological polar surface area (TPSA) is 48.1 Å². The number of nitrogens with zero attached hydrogens (tertiary/aromatic N) is 1. The number of fused-ring (bicyclic) bond motifs is 5. The van der Waals surface area contributed by atoms with Crippen LogP contribution < -0.4 is 10.5 Å². The Kier molecular flexibility index (Phi) is 3.47. The zero-order valence-corrected chi connectivity index (χ0v) is 14.9. The first kappa shape index (κ1) is 15.6. The SMILES string of the molecule is COc1ccccc1-c1cc2ccccc2c2nc(N)c3ccccc3c12. The molecule has 0 saturated heterocycles. The lowest BCUT2D eigenvalue weighted by Crippen LogP contribution is -1.96. The van der Waals surface area contributed by atoms with Crippen LogP contribution in [0.4, 0.5) is 5.82 Å². The highest BCUT2D eigenvalue weighted by atomic mass is 16.5. The third kappa shape index (κ3) is 2.32. The minimum absolute atomic E-state index is 0.556. The highest BCUT2D eigenvalue weighted by molar-refractivity contribution is 6.23. The molecule has 0 aliphatic heterocycles. The van der Waals surface area contributed by atoms with E-state index in [0.29, 0.717) is 5.82 Å². The number of rotatable bonds is 2. The third-order valence-electron chi connectivity index (χ3n) is 5.12. The second-order valence-corrected chi connectivity index (χ2v) is 6.61. The Balaban J connectivity index is 2.07. The third-order valence-corrected chi connectivity index (χ3v) is 5.12. The van der Waals surface area contributed by atoms with Crippen LogP contribution in [0.3, 0.4) is 0 Å². The summed E-state index contributed by atoms with van der Waals surface area (Å²) in [7, 11) is 1.70. The quantitative estimate of drug-likeness (QED) is 0.409. The van der Waals surface area contributed by atoms with Crippen molar-refractivity contribution in [1.29, 1.82) is 0 Å². The van der Waals surface area contributed by atoms with Crippen LogP contribution in [0.25, 0.3) is 43.6 Å². The van der Waals surface area contributed by atoms with Crippen molar-refractivity contribution in [2.75, 3.05) is 12.8 Å². The minimum atomic E-state index is 0.556. The molecule has 0 unspecified atom stereocenters. The summed E-state index contributed by atoms with van der Waals surface area (Å²) < 4.78 is 5.65. The van der Waals surface area contributed by atoms with E-state index in [2.05, 4.69) is 30.3 Å². The van der Waals surface area contributed by atoms with Crippen LogP contribution in [0.5, 0.6) is 5.75 Å². The summed E-state index contributed by atoms with van der Waals surface area (Å²) in [5, 5.41) is 5.41. The van der Waals surface area contributed by atoms with E-state index < -0.39 is 0 Å². The fraction of sp³-hybridized carbons (Fsp3) is 0.0417. The van der Waals surface area contributed by atoms with E-state index in [1.807, 2.05) is 48.5 Å². The van der Waals surface area contributed by atoms with Gasteiger partial charge in [-0.1, -0.05) is 66.7 Å². The smallest absolute Gasteiger partial charge is 0.132 e. The Morgan fingerprint density at radius 2 is 1.41 bits per heavy atom. The average Bonchev–Trinajstić information content (AvgIpc) is 2.73. The fourth-order valence-electron chi connectivity index (χ4n) is 3.90. The maximum absolute atomic E-state index is 6.32. The molecule has 0 aliphatic rings. The van der Waals surface area contributed by atoms with Crippen molar-refractivity contribution in [2.45, 2.75) is 0 Å². The van der Waals surface area contributed by atoms with Gasteiger partial charge in [0.2, 0.25) is 0 Å². The number of pyridine rings is 1. The normalized spacial score (nSPS) is 11.3. The second-order valence-electron chi connectivity index (χ2n) is 6.61. The van der Waals surface area contributed by atoms with Crippen molar-refractivity contribution in [2.24, 2.45) is 0 Å². The number of aromatic nitrogens is 1. The molecule has 0 aliphatic carbocycles. The van der Waals surface area contributed by atoms with Crippen molar-refractivity contribution in [3.8, 4) is 16.9 Å². The molecular weight excluding hydrogens is 332 g/mol. The first-order valence-corrected chi connectivity index (χ1v) is 8.91. The van der Waals surface area contributed by atoms with Gasteiger partial charge in [0.15, 0.2) is 0 Å². The number of benzene rings is 4. The van der Waals surface area contributed by atoms with Crippen LogP contribution in [0, 0.1) is 0 Å². The van der Waals surface area contributed by atoms with Gasteiger partial charge in [-0.2, -0.15) is 0 Å². The van der Waals surface area contributed by atoms with E-state index in [1.165, 1.54) is 0 Å². The molecule has 0 spiro atoms. The van der Waals surface area contributed by atoms with Gasteiger partial charge < -0.3 is 10.5 Å². The lowest BCUT2D eigenvalue weighted by atomic mass is 9.92. The van der Waals surface area contributed by atoms with Crippen LogP contribution in [-0.4, -0.2) is 12.1 Å². The number of anilines is 1. The van der Waals surface area contributed by atoms with E-state index in [0.717, 1.165) is 49.3 Å². The van der Waals surface area contributed by atoms with E-state index in [4.69, 9.17) is 15.5 Å². The van der Waals surface area contributed by atoms with Gasteiger partial charge >= 0.3 is 0 Å². The van der Waals surface area contributed by atoms with E-state index >= 15 is 0 Å². The number of methoxy groups -OCH3 is 1. The molecule has 3 nitrogen and oxygen atoms in total. The molecule has 0 atom stereocenters. The summed E-state index contributed by atoms with van der Waals surface area (Å²) in [4.78, 5) is 4.81. The molecule has 0 saturated carbocycles. The van der Waals surface area contributed by atoms with Gasteiger partial charge in [0, 0.05) is 21.7 Å². The minimum Gasteiger partial charge on any atom is -0.496 e. The lowest BCUT2D eigenvalue weighted by Gasteiger charge is -2.16. The van der Waals surface area contributed by atoms with E-state index in [9.17, 15) is 0 Å². The largest absolute Gasteiger partial charge is 0.496 e. The number of nitrogen functional groups attached to an aromatic ring is 1. The molecule has 1 heterocycles. The Labute approximate surface area is 157 Å². The van der Waals surface area contributed by atoms with Crippen LogP contribution in [0.2, 0.25) is 0 Å². The average molecular weight is 350 g/mol. The van der Waals surface area contributed by atoms with E-state index in [-0.39, 0.29) is 0 Å². The number of para-hydroxylation sites is 1. The predicted molar refractivity (Wildman–Crippen MR) is 113 cm³/mol. The van der Waals surface area contributed by atoms with Crippen molar-refractivity contribution >= 4 is 38.3 Å². The molecule has 0 bridgehead atoms. The number of hydrogen-bond donors (Lipinski definition) is 1. The molecule has 130 valence electrons. The van der Waals surface area contributed by atoms with Crippen LogP contribution in [-0.2, 0) is 0 Å². The van der Waals surface area contributed by atoms with Gasteiger partial charge in [0.25, 0.3) is 0 Å². The summed E-state index contributed by atoms with van der Waals surface area (Å²) in [6, 6.07) is 26.8. The Bertz CT molecular complexity index is 1320. The zero-order chi connectivity index (χ0) is 18.4. The van der Waals surface area contributed by atoms with Crippen molar-refractivity contribution in [3.05, 3.63) is 78.9 Å². The molecule has 5 rings (SSSR count). The van der Waals surface area contributed by atoms with E-state index in [1.54, 1.807) is 7.11 Å². The summed E-state index contributed by atoms with van der Waals surface area (Å²) in [6.07, 6.45) is 0. The van der Waals surface area contributed by atoms with Crippen LogP contribution in [0.1, 0.15) is 0 Å². The Hall–Kier alpha value is -3.59. The molecule has 2 N–H and O–H groups in total. The Morgan fingerprint density at radius 3 is 2.22 bits per heavy atom. The van der Waals surface area contributed by atoms with Crippen molar-refractivity contribution < 1.29 is 4.74 Å². The first-order valence-electron chi connectivity index (χ1n) is 8.91. The van der Waals surface area contributed by atoms with Gasteiger partial charge in [-0.25, -0.2) is 4.98 Å². The summed E-state index contributed by atoms with van der Waals surface area (Å²) >= 11 is 0. The van der Waals surface area contributed by atoms with Gasteiger partial charge in [0.05, 0.1) is 12.6 Å². The summed E-state index contributed by atoms with van der Waals surface area (Å²) in [5.74, 6) is 1.40. The predicted octanol–water partition coefficient (Wildman–Crippen LogP) is 5.80. The maximum Gasteiger partial charge on any atom is 0.132 e. The number of hydrogen-bond acceptors (Lipinski definition) is 3. The first-order chi connectivity index (χ1) is 13.3. The molecule has 0 fully saturated rings. The summed E-state index contributed by atoms with van der Waals surface area (Å²) in [6.45, 7) is 0. The van der Waals surface area contributed by atoms with Gasteiger partial charge in [-0.15, -0.1) is 0 Å². The molecular formula is C24H18N2O. The molecule has 1 aromatic heterocycles. The van der Waals surface area contributed by atoms with Crippen molar-refractivity contribution in [1.82, 2.24) is 4.98 Å². The maximum atomic E-state index is 6.32. The van der Waals surface area contributed by atoms with Gasteiger partial charge in [-0.05, 0) is 28.5 Å². The highest BCUT2D eigenvalue weighted by Gasteiger charge is 2.16. The Morgan fingerprint density at radius 1 is 0.741 bits per heavy atom. The fourth-order valence-corrected chi connectivity index (χ4v) is 3.90. The van der Waals surface area contributed by atoms with Crippen molar-refractivity contribution in [3.63, 3.8) is 0 Å². The standard InChI is InChI=1S/C24H18N2O/c1-27-21-13-7-6-10-17(21)20-14-15-8-2-3-9-16(15)23-22(20)18-11-4-5-12-19(18)24(25)26-23/h2-14H,1H3,(H2,25,26). The molecule has 0 radical (unpaired) electrons. The van der Waals surface area contributed by atoms with Gasteiger partial charge in [0.1, 0.15) is 11.6 Å². The highest BCUT2D eigenvalue weighted by Crippen LogP contribution is 2.42. The summed E-state index contributed by atoms with van der Waals surface area (Å²) in [5.41, 5.74) is 9.39. The lowest BCUT2D eigenvalue weighted by molar-refractivity contribution is 0.416. The zero-order valence-electron chi connectivity index (χ0n) is 14.9. The second kappa shape index (κ2) is 5.99. The monoisotopic (exact) mass is 350 g/mol.